The van der Waals surface area contributed by atoms with Crippen LogP contribution in [0.3, 0.4) is 0 Å². The second-order valence-corrected chi connectivity index (χ2v) is 5.02. The minimum atomic E-state index is -0.914. The fourth-order valence-corrected chi connectivity index (χ4v) is 2.15. The largest absolute Gasteiger partial charge is 0.481 e. The van der Waals surface area contributed by atoms with E-state index in [-0.39, 0.29) is 12.5 Å². The maximum Gasteiger partial charge on any atom is 0.308 e. The predicted octanol–water partition coefficient (Wildman–Crippen LogP) is 2.00. The summed E-state index contributed by atoms with van der Waals surface area (Å²) in [6.45, 7) is 2.06. The number of aliphatic carboxylic acids is 1. The number of carbonyl (C=O) groups is 2. The number of amides is 1. The fourth-order valence-electron chi connectivity index (χ4n) is 2.15. The average Bonchev–Trinajstić information content (AvgIpc) is 2.97. The number of carboxylic acid groups (broad SMARTS) is 1. The molecule has 5 nitrogen and oxygen atoms in total. The van der Waals surface area contributed by atoms with Gasteiger partial charge in [-0.3, -0.25) is 9.59 Å². The van der Waals surface area contributed by atoms with E-state index in [1.165, 1.54) is 0 Å². The van der Waals surface area contributed by atoms with Gasteiger partial charge < -0.3 is 15.4 Å². The first kappa shape index (κ1) is 14.8. The Labute approximate surface area is 123 Å². The summed E-state index contributed by atoms with van der Waals surface area (Å²) in [5, 5.41) is 11.9. The molecule has 1 aromatic heterocycles. The molecule has 0 fully saturated rings. The van der Waals surface area contributed by atoms with Gasteiger partial charge in [0.2, 0.25) is 0 Å². The van der Waals surface area contributed by atoms with E-state index >= 15 is 0 Å². The Morgan fingerprint density at radius 2 is 2.10 bits per heavy atom. The number of carbonyl (C=O) groups excluding carboxylic acids is 1. The Kier molecular flexibility index (Phi) is 4.77. The Bertz CT molecular complexity index is 620. The highest BCUT2D eigenvalue weighted by molar-refractivity contribution is 5.92. The van der Waals surface area contributed by atoms with Crippen molar-refractivity contribution in [2.24, 2.45) is 5.92 Å². The second-order valence-electron chi connectivity index (χ2n) is 5.02. The Balaban J connectivity index is 1.96. The van der Waals surface area contributed by atoms with Crippen LogP contribution in [0.25, 0.3) is 0 Å². The molecule has 1 unspecified atom stereocenters. The predicted molar refractivity (Wildman–Crippen MR) is 79.1 cm³/mol. The van der Waals surface area contributed by atoms with E-state index in [0.717, 1.165) is 11.1 Å². The molecule has 0 saturated carbocycles. The number of aryl methyl sites for hydroxylation is 1. The lowest BCUT2D eigenvalue weighted by molar-refractivity contribution is -0.141. The lowest BCUT2D eigenvalue weighted by Crippen LogP contribution is -2.34. The molecule has 2 aromatic rings. The fraction of sp³-hybridized carbons (Fsp3) is 0.250. The van der Waals surface area contributed by atoms with Crippen LogP contribution < -0.4 is 5.32 Å². The van der Waals surface area contributed by atoms with Crippen molar-refractivity contribution in [3.05, 3.63) is 59.4 Å². The Hall–Kier alpha value is -2.56. The number of rotatable bonds is 6. The number of carboxylic acids is 1. The number of hydrogen-bond donors (Lipinski definition) is 3. The first-order valence-corrected chi connectivity index (χ1v) is 6.76. The van der Waals surface area contributed by atoms with Gasteiger partial charge in [-0.05, 0) is 31.0 Å². The topological polar surface area (TPSA) is 82.2 Å². The third-order valence-electron chi connectivity index (χ3n) is 3.27. The molecule has 0 aliphatic carbocycles. The molecule has 1 atom stereocenters. The summed E-state index contributed by atoms with van der Waals surface area (Å²) >= 11 is 0. The van der Waals surface area contributed by atoms with Crippen LogP contribution in [0.5, 0.6) is 0 Å². The van der Waals surface area contributed by atoms with Gasteiger partial charge in [-0.15, -0.1) is 0 Å². The van der Waals surface area contributed by atoms with E-state index in [9.17, 15) is 14.7 Å². The van der Waals surface area contributed by atoms with Crippen LogP contribution in [0.2, 0.25) is 0 Å². The minimum absolute atomic E-state index is 0.0983. The molecule has 0 bridgehead atoms. The molecule has 5 heteroatoms. The van der Waals surface area contributed by atoms with Crippen molar-refractivity contribution >= 4 is 11.9 Å². The molecule has 0 aliphatic heterocycles. The second kappa shape index (κ2) is 6.74. The number of benzene rings is 1. The molecule has 21 heavy (non-hydrogen) atoms. The molecule has 0 saturated heterocycles. The van der Waals surface area contributed by atoms with Crippen LogP contribution in [0.4, 0.5) is 0 Å². The van der Waals surface area contributed by atoms with Crippen LogP contribution in [-0.4, -0.2) is 28.5 Å². The molecule has 1 aromatic carbocycles. The molecule has 1 amide bonds. The van der Waals surface area contributed by atoms with Crippen LogP contribution in [0.15, 0.2) is 42.6 Å². The number of aromatic amines is 1. The van der Waals surface area contributed by atoms with Gasteiger partial charge in [0.1, 0.15) is 5.69 Å². The first-order valence-electron chi connectivity index (χ1n) is 6.76. The standard InChI is InChI=1S/C16H18N2O3/c1-11-4-2-5-12(8-11)9-13(16(20)21)10-18-15(19)14-6-3-7-17-14/h2-8,13,17H,9-10H2,1H3,(H,18,19)(H,20,21). The molecule has 110 valence electrons. The van der Waals surface area contributed by atoms with Gasteiger partial charge in [-0.1, -0.05) is 29.8 Å². The highest BCUT2D eigenvalue weighted by Gasteiger charge is 2.19. The van der Waals surface area contributed by atoms with Crippen molar-refractivity contribution in [2.45, 2.75) is 13.3 Å². The summed E-state index contributed by atoms with van der Waals surface area (Å²) in [7, 11) is 0. The van der Waals surface area contributed by atoms with E-state index in [2.05, 4.69) is 10.3 Å². The molecule has 1 heterocycles. The Morgan fingerprint density at radius 1 is 1.29 bits per heavy atom. The van der Waals surface area contributed by atoms with Crippen molar-refractivity contribution in [2.75, 3.05) is 6.54 Å². The zero-order valence-electron chi connectivity index (χ0n) is 11.8. The van der Waals surface area contributed by atoms with Gasteiger partial charge in [0.05, 0.1) is 5.92 Å². The highest BCUT2D eigenvalue weighted by atomic mass is 16.4. The molecular weight excluding hydrogens is 268 g/mol. The van der Waals surface area contributed by atoms with Crippen LogP contribution in [0, 0.1) is 12.8 Å². The maximum absolute atomic E-state index is 11.8. The van der Waals surface area contributed by atoms with E-state index in [1.807, 2.05) is 31.2 Å². The number of H-pyrrole nitrogens is 1. The highest BCUT2D eigenvalue weighted by Crippen LogP contribution is 2.11. The average molecular weight is 286 g/mol. The monoisotopic (exact) mass is 286 g/mol. The molecule has 2 rings (SSSR count). The lowest BCUT2D eigenvalue weighted by Gasteiger charge is -2.13. The summed E-state index contributed by atoms with van der Waals surface area (Å²) < 4.78 is 0. The zero-order chi connectivity index (χ0) is 15.2. The van der Waals surface area contributed by atoms with Crippen LogP contribution in [0.1, 0.15) is 21.6 Å². The van der Waals surface area contributed by atoms with Gasteiger partial charge in [0.25, 0.3) is 5.91 Å². The maximum atomic E-state index is 11.8. The summed E-state index contributed by atoms with van der Waals surface area (Å²) in [4.78, 5) is 25.9. The number of aromatic nitrogens is 1. The molecule has 0 radical (unpaired) electrons. The lowest BCUT2D eigenvalue weighted by atomic mass is 9.98. The van der Waals surface area contributed by atoms with Gasteiger partial charge in [0.15, 0.2) is 0 Å². The third kappa shape index (κ3) is 4.21. The van der Waals surface area contributed by atoms with Gasteiger partial charge in [0, 0.05) is 12.7 Å². The minimum Gasteiger partial charge on any atom is -0.481 e. The molecule has 0 spiro atoms. The van der Waals surface area contributed by atoms with Gasteiger partial charge in [-0.25, -0.2) is 0 Å². The van der Waals surface area contributed by atoms with E-state index < -0.39 is 11.9 Å². The summed E-state index contributed by atoms with van der Waals surface area (Å²) in [6, 6.07) is 11.1. The normalized spacial score (nSPS) is 11.9. The van der Waals surface area contributed by atoms with Crippen LogP contribution >= 0.6 is 0 Å². The summed E-state index contributed by atoms with van der Waals surface area (Å²) in [5.41, 5.74) is 2.47. The quantitative estimate of drug-likeness (QED) is 0.759. The van der Waals surface area contributed by atoms with Crippen molar-refractivity contribution in [3.63, 3.8) is 0 Å². The van der Waals surface area contributed by atoms with Crippen LogP contribution in [-0.2, 0) is 11.2 Å². The van der Waals surface area contributed by atoms with Crippen molar-refractivity contribution in [1.29, 1.82) is 0 Å². The first-order chi connectivity index (χ1) is 10.1. The van der Waals surface area contributed by atoms with E-state index in [0.29, 0.717) is 12.1 Å². The SMILES string of the molecule is Cc1cccc(CC(CNC(=O)c2ccc[nH]2)C(=O)O)c1. The summed E-state index contributed by atoms with van der Waals surface area (Å²) in [5.74, 6) is -1.86. The molecule has 3 N–H and O–H groups in total. The van der Waals surface area contributed by atoms with Crippen molar-refractivity contribution in [1.82, 2.24) is 10.3 Å². The third-order valence-corrected chi connectivity index (χ3v) is 3.27. The van der Waals surface area contributed by atoms with Gasteiger partial charge >= 0.3 is 5.97 Å². The number of nitrogens with one attached hydrogen (secondary N) is 2. The van der Waals surface area contributed by atoms with Crippen molar-refractivity contribution in [3.8, 4) is 0 Å². The summed E-state index contributed by atoms with van der Waals surface area (Å²) in [6.07, 6.45) is 2.04. The smallest absolute Gasteiger partial charge is 0.308 e. The Morgan fingerprint density at radius 3 is 2.71 bits per heavy atom. The molecule has 0 aliphatic rings. The van der Waals surface area contributed by atoms with Crippen molar-refractivity contribution < 1.29 is 14.7 Å². The zero-order valence-corrected chi connectivity index (χ0v) is 11.8. The molecular formula is C16H18N2O3. The number of hydrogen-bond acceptors (Lipinski definition) is 2. The van der Waals surface area contributed by atoms with E-state index in [4.69, 9.17) is 0 Å². The van der Waals surface area contributed by atoms with Gasteiger partial charge in [-0.2, -0.15) is 0 Å². The van der Waals surface area contributed by atoms with E-state index in [1.54, 1.807) is 18.3 Å².